The Morgan fingerprint density at radius 3 is 2.38 bits per heavy atom. The number of carbonyl (C=O) groups excluding carboxylic acids is 1. The van der Waals surface area contributed by atoms with Crippen LogP contribution in [0.5, 0.6) is 0 Å². The molecule has 0 heterocycles. The first-order valence-electron chi connectivity index (χ1n) is 4.04. The fourth-order valence-electron chi connectivity index (χ4n) is 1.06. The second-order valence-electron chi connectivity index (χ2n) is 2.74. The lowest BCUT2D eigenvalue weighted by molar-refractivity contribution is -0.104. The van der Waals surface area contributed by atoms with Crippen molar-refractivity contribution < 1.29 is 9.53 Å². The van der Waals surface area contributed by atoms with Gasteiger partial charge in [0, 0.05) is 11.6 Å². The van der Waals surface area contributed by atoms with Crippen molar-refractivity contribution in [2.24, 2.45) is 0 Å². The lowest BCUT2D eigenvalue weighted by Gasteiger charge is -2.04. The summed E-state index contributed by atoms with van der Waals surface area (Å²) in [4.78, 5) is 10.3. The molecule has 0 radical (unpaired) electrons. The average molecular weight is 176 g/mol. The average Bonchev–Trinajstić information content (AvgIpc) is 2.16. The summed E-state index contributed by atoms with van der Waals surface area (Å²) in [6.45, 7) is 2.01. The second kappa shape index (κ2) is 4.45. The Hall–Kier alpha value is -1.57. The molecule has 68 valence electrons. The third kappa shape index (κ3) is 2.44. The number of hydrogen-bond acceptors (Lipinski definition) is 2. The van der Waals surface area contributed by atoms with Crippen LogP contribution in [0, 0.1) is 6.92 Å². The van der Waals surface area contributed by atoms with E-state index in [2.05, 4.69) is 0 Å². The zero-order valence-corrected chi connectivity index (χ0v) is 7.78. The molecule has 1 rings (SSSR count). The van der Waals surface area contributed by atoms with Gasteiger partial charge in [-0.15, -0.1) is 0 Å². The fourth-order valence-corrected chi connectivity index (χ4v) is 1.06. The van der Waals surface area contributed by atoms with Gasteiger partial charge in [-0.2, -0.15) is 0 Å². The molecular formula is C11H12O2. The van der Waals surface area contributed by atoms with Crippen LogP contribution in [-0.2, 0) is 9.53 Å². The number of allylic oxidation sites excluding steroid dienone is 1. The van der Waals surface area contributed by atoms with Gasteiger partial charge >= 0.3 is 0 Å². The zero-order chi connectivity index (χ0) is 9.68. The molecule has 0 aliphatic rings. The van der Waals surface area contributed by atoms with Crippen LogP contribution in [0.1, 0.15) is 11.1 Å². The van der Waals surface area contributed by atoms with Crippen LogP contribution in [-0.4, -0.2) is 13.4 Å². The van der Waals surface area contributed by atoms with Crippen molar-refractivity contribution in [2.45, 2.75) is 6.92 Å². The molecule has 0 bridgehead atoms. The number of aldehydes is 1. The maximum absolute atomic E-state index is 10.3. The molecule has 0 aromatic heterocycles. The summed E-state index contributed by atoms with van der Waals surface area (Å²) >= 11 is 0. The zero-order valence-electron chi connectivity index (χ0n) is 7.78. The predicted octanol–water partition coefficient (Wildman–Crippen LogP) is 2.18. The summed E-state index contributed by atoms with van der Waals surface area (Å²) in [7, 11) is 1.55. The Labute approximate surface area is 77.8 Å². The van der Waals surface area contributed by atoms with E-state index >= 15 is 0 Å². The Balaban J connectivity index is 2.99. The summed E-state index contributed by atoms with van der Waals surface area (Å²) in [5, 5.41) is 0. The number of aryl methyl sites for hydroxylation is 1. The van der Waals surface area contributed by atoms with E-state index in [9.17, 15) is 4.79 Å². The molecule has 1 aromatic carbocycles. The molecule has 2 heteroatoms. The smallest absolute Gasteiger partial charge is 0.146 e. The van der Waals surface area contributed by atoms with Gasteiger partial charge < -0.3 is 4.74 Å². The molecule has 0 saturated heterocycles. The summed E-state index contributed by atoms with van der Waals surface area (Å²) in [5.74, 6) is 0.593. The van der Waals surface area contributed by atoms with Gasteiger partial charge in [-0.25, -0.2) is 0 Å². The van der Waals surface area contributed by atoms with E-state index in [4.69, 9.17) is 4.74 Å². The largest absolute Gasteiger partial charge is 0.496 e. The highest BCUT2D eigenvalue weighted by atomic mass is 16.5. The first-order chi connectivity index (χ1) is 6.27. The topological polar surface area (TPSA) is 26.3 Å². The number of hydrogen-bond donors (Lipinski definition) is 0. The molecule has 0 N–H and O–H groups in total. The Bertz CT molecular complexity index is 309. The number of benzene rings is 1. The van der Waals surface area contributed by atoms with Crippen LogP contribution in [0.3, 0.4) is 0 Å². The van der Waals surface area contributed by atoms with Gasteiger partial charge in [-0.05, 0) is 6.92 Å². The van der Waals surface area contributed by atoms with E-state index in [1.807, 2.05) is 31.2 Å². The van der Waals surface area contributed by atoms with Crippen molar-refractivity contribution in [2.75, 3.05) is 7.11 Å². The highest BCUT2D eigenvalue weighted by Gasteiger charge is 1.98. The van der Waals surface area contributed by atoms with Crippen molar-refractivity contribution in [3.8, 4) is 0 Å². The van der Waals surface area contributed by atoms with Crippen molar-refractivity contribution in [3.63, 3.8) is 0 Å². The van der Waals surface area contributed by atoms with E-state index in [0.717, 1.165) is 11.8 Å². The molecule has 0 saturated carbocycles. The predicted molar refractivity (Wildman–Crippen MR) is 52.2 cm³/mol. The quantitative estimate of drug-likeness (QED) is 0.401. The molecule has 0 spiro atoms. The van der Waals surface area contributed by atoms with Crippen molar-refractivity contribution in [1.82, 2.24) is 0 Å². The van der Waals surface area contributed by atoms with Crippen LogP contribution in [0.15, 0.2) is 30.3 Å². The summed E-state index contributed by atoms with van der Waals surface area (Å²) in [6.07, 6.45) is 2.13. The highest BCUT2D eigenvalue weighted by molar-refractivity contribution is 5.78. The standard InChI is InChI=1S/C11H12O2/c1-9-3-5-10(6-4-9)11(13-2)7-8-12/h3-8H,1-2H3/b11-7-. The van der Waals surface area contributed by atoms with Crippen molar-refractivity contribution >= 4 is 12.0 Å². The molecule has 2 nitrogen and oxygen atoms in total. The number of rotatable bonds is 3. The third-order valence-corrected chi connectivity index (χ3v) is 1.78. The minimum Gasteiger partial charge on any atom is -0.496 e. The first-order valence-corrected chi connectivity index (χ1v) is 4.04. The second-order valence-corrected chi connectivity index (χ2v) is 2.74. The third-order valence-electron chi connectivity index (χ3n) is 1.78. The normalized spacial score (nSPS) is 11.1. The maximum Gasteiger partial charge on any atom is 0.146 e. The number of methoxy groups -OCH3 is 1. The van der Waals surface area contributed by atoms with Crippen LogP contribution in [0.25, 0.3) is 5.76 Å². The van der Waals surface area contributed by atoms with Gasteiger partial charge in [0.25, 0.3) is 0 Å². The lowest BCUT2D eigenvalue weighted by Crippen LogP contribution is -1.87. The molecule has 0 aliphatic heterocycles. The summed E-state index contributed by atoms with van der Waals surface area (Å²) in [5.41, 5.74) is 2.10. The van der Waals surface area contributed by atoms with Gasteiger partial charge in [0.15, 0.2) is 0 Å². The minimum absolute atomic E-state index is 0.593. The van der Waals surface area contributed by atoms with E-state index in [1.165, 1.54) is 11.6 Å². The molecule has 0 amide bonds. The van der Waals surface area contributed by atoms with E-state index in [-0.39, 0.29) is 0 Å². The monoisotopic (exact) mass is 176 g/mol. The SMILES string of the molecule is CO/C(=C\C=O)c1ccc(C)cc1. The van der Waals surface area contributed by atoms with Crippen LogP contribution >= 0.6 is 0 Å². The molecule has 0 atom stereocenters. The van der Waals surface area contributed by atoms with Crippen LogP contribution < -0.4 is 0 Å². The molecule has 0 fully saturated rings. The number of ether oxygens (including phenoxy) is 1. The van der Waals surface area contributed by atoms with E-state index in [1.54, 1.807) is 7.11 Å². The Kier molecular flexibility index (Phi) is 3.26. The van der Waals surface area contributed by atoms with Gasteiger partial charge in [0.1, 0.15) is 12.0 Å². The van der Waals surface area contributed by atoms with Crippen molar-refractivity contribution in [3.05, 3.63) is 41.5 Å². The maximum atomic E-state index is 10.3. The summed E-state index contributed by atoms with van der Waals surface area (Å²) < 4.78 is 5.05. The van der Waals surface area contributed by atoms with Gasteiger partial charge in [-0.1, -0.05) is 29.8 Å². The fraction of sp³-hybridized carbons (Fsp3) is 0.182. The Morgan fingerprint density at radius 1 is 1.31 bits per heavy atom. The van der Waals surface area contributed by atoms with Crippen LogP contribution in [0.2, 0.25) is 0 Å². The van der Waals surface area contributed by atoms with E-state index in [0.29, 0.717) is 5.76 Å². The van der Waals surface area contributed by atoms with E-state index < -0.39 is 0 Å². The Morgan fingerprint density at radius 2 is 1.92 bits per heavy atom. The molecular weight excluding hydrogens is 164 g/mol. The number of carbonyl (C=O) groups is 1. The van der Waals surface area contributed by atoms with Gasteiger partial charge in [0.05, 0.1) is 7.11 Å². The molecule has 1 aromatic rings. The van der Waals surface area contributed by atoms with Gasteiger partial charge in [0.2, 0.25) is 0 Å². The minimum atomic E-state index is 0.593. The molecule has 13 heavy (non-hydrogen) atoms. The first kappa shape index (κ1) is 9.52. The molecule has 0 unspecified atom stereocenters. The highest BCUT2D eigenvalue weighted by Crippen LogP contribution is 2.14. The molecule has 0 aliphatic carbocycles. The van der Waals surface area contributed by atoms with Crippen LogP contribution in [0.4, 0.5) is 0 Å². The lowest BCUT2D eigenvalue weighted by atomic mass is 10.1. The summed E-state index contributed by atoms with van der Waals surface area (Å²) in [6, 6.07) is 7.81. The van der Waals surface area contributed by atoms with Crippen molar-refractivity contribution in [1.29, 1.82) is 0 Å². The van der Waals surface area contributed by atoms with Gasteiger partial charge in [-0.3, -0.25) is 4.79 Å².